The molecule has 1 unspecified atom stereocenters. The van der Waals surface area contributed by atoms with Gasteiger partial charge in [0.25, 0.3) is 0 Å². The Hall–Kier alpha value is -1.62. The van der Waals surface area contributed by atoms with Crippen molar-refractivity contribution in [3.05, 3.63) is 22.5 Å². The van der Waals surface area contributed by atoms with E-state index in [9.17, 15) is 0 Å². The number of halogens is 1. The third-order valence-corrected chi connectivity index (χ3v) is 6.66. The zero-order chi connectivity index (χ0) is 18.8. The van der Waals surface area contributed by atoms with Crippen molar-refractivity contribution in [3.8, 4) is 6.07 Å². The fraction of sp³-hybridized carbons (Fsp3) is 0.600. The number of hydrogen-bond acceptors (Lipinski definition) is 6. The number of furan rings is 1. The van der Waals surface area contributed by atoms with E-state index in [2.05, 4.69) is 38.2 Å². The fourth-order valence-corrected chi connectivity index (χ4v) is 4.80. The Morgan fingerprint density at radius 2 is 2.15 bits per heavy atom. The van der Waals surface area contributed by atoms with Crippen LogP contribution in [0.2, 0.25) is 0 Å². The maximum atomic E-state index is 9.01. The second-order valence-corrected chi connectivity index (χ2v) is 8.53. The van der Waals surface area contributed by atoms with Crippen molar-refractivity contribution < 1.29 is 9.15 Å². The van der Waals surface area contributed by atoms with Gasteiger partial charge in [-0.3, -0.25) is 0 Å². The second-order valence-electron chi connectivity index (χ2n) is 7.74. The number of nitrogens with zero attached hydrogens (tertiary/aromatic N) is 3. The summed E-state index contributed by atoms with van der Waals surface area (Å²) < 4.78 is 11.8. The summed E-state index contributed by atoms with van der Waals surface area (Å²) in [5.74, 6) is 1.83. The number of anilines is 1. The van der Waals surface area contributed by atoms with Crippen LogP contribution in [0.5, 0.6) is 0 Å². The molecule has 4 rings (SSSR count). The fourth-order valence-electron chi connectivity index (χ4n) is 4.27. The quantitative estimate of drug-likeness (QED) is 0.764. The summed E-state index contributed by atoms with van der Waals surface area (Å²) in [5, 5.41) is 13.5. The van der Waals surface area contributed by atoms with Crippen molar-refractivity contribution in [3.63, 3.8) is 0 Å². The van der Waals surface area contributed by atoms with E-state index in [4.69, 9.17) is 14.4 Å². The topological polar surface area (TPSA) is 74.3 Å². The Kier molecular flexibility index (Phi) is 5.67. The number of aromatic nitrogens is 1. The molecule has 144 valence electrons. The largest absolute Gasteiger partial charge is 0.444 e. The Morgan fingerprint density at radius 1 is 1.33 bits per heavy atom. The van der Waals surface area contributed by atoms with Gasteiger partial charge in [0.1, 0.15) is 11.9 Å². The van der Waals surface area contributed by atoms with Crippen LogP contribution in [0.25, 0.3) is 11.0 Å². The van der Waals surface area contributed by atoms with Crippen LogP contribution < -0.4 is 5.32 Å². The molecule has 2 aromatic rings. The first-order valence-electron chi connectivity index (χ1n) is 9.66. The van der Waals surface area contributed by atoms with Gasteiger partial charge >= 0.3 is 0 Å². The van der Waals surface area contributed by atoms with Gasteiger partial charge in [-0.2, -0.15) is 5.26 Å². The molecule has 7 heteroatoms. The third kappa shape index (κ3) is 4.13. The molecule has 2 fully saturated rings. The van der Waals surface area contributed by atoms with Gasteiger partial charge in [0.15, 0.2) is 5.58 Å². The molecule has 0 spiro atoms. The van der Waals surface area contributed by atoms with Gasteiger partial charge in [-0.15, -0.1) is 0 Å². The first-order valence-corrected chi connectivity index (χ1v) is 10.5. The number of pyridine rings is 1. The minimum absolute atomic E-state index is 0.306. The Labute approximate surface area is 168 Å². The molecule has 27 heavy (non-hydrogen) atoms. The van der Waals surface area contributed by atoms with Gasteiger partial charge in [-0.25, -0.2) is 4.98 Å². The van der Waals surface area contributed by atoms with Crippen molar-refractivity contribution in [1.29, 1.82) is 5.26 Å². The average molecular weight is 433 g/mol. The first-order chi connectivity index (χ1) is 13.1. The van der Waals surface area contributed by atoms with Crippen LogP contribution in [-0.2, 0) is 4.74 Å². The van der Waals surface area contributed by atoms with Crippen LogP contribution >= 0.6 is 15.9 Å². The van der Waals surface area contributed by atoms with Crippen LogP contribution in [0, 0.1) is 17.2 Å². The highest BCUT2D eigenvalue weighted by Gasteiger charge is 2.27. The highest BCUT2D eigenvalue weighted by molar-refractivity contribution is 9.10. The average Bonchev–Trinajstić information content (AvgIpc) is 3.34. The molecule has 0 aromatic carbocycles. The summed E-state index contributed by atoms with van der Waals surface area (Å²) in [4.78, 5) is 7.02. The monoisotopic (exact) mass is 432 g/mol. The Morgan fingerprint density at radius 3 is 2.85 bits per heavy atom. The van der Waals surface area contributed by atoms with Crippen molar-refractivity contribution >= 4 is 32.7 Å². The molecule has 0 bridgehead atoms. The minimum atomic E-state index is 0.306. The van der Waals surface area contributed by atoms with Gasteiger partial charge < -0.3 is 19.4 Å². The summed E-state index contributed by atoms with van der Waals surface area (Å²) in [6.07, 6.45) is 7.56. The van der Waals surface area contributed by atoms with Gasteiger partial charge in [-0.1, -0.05) is 0 Å². The maximum Gasteiger partial charge on any atom is 0.204 e. The molecule has 3 heterocycles. The predicted molar refractivity (Wildman–Crippen MR) is 108 cm³/mol. The molecule has 1 N–H and O–H groups in total. The smallest absolute Gasteiger partial charge is 0.204 e. The van der Waals surface area contributed by atoms with Gasteiger partial charge in [0, 0.05) is 36.7 Å². The van der Waals surface area contributed by atoms with Crippen LogP contribution in [0.15, 0.2) is 21.2 Å². The van der Waals surface area contributed by atoms with Crippen molar-refractivity contribution in [2.45, 2.75) is 44.2 Å². The van der Waals surface area contributed by atoms with Crippen LogP contribution in [0.1, 0.15) is 37.9 Å². The third-order valence-electron chi connectivity index (χ3n) is 5.86. The molecule has 1 saturated heterocycles. The lowest BCUT2D eigenvalue weighted by Gasteiger charge is -2.36. The molecule has 1 atom stereocenters. The summed E-state index contributed by atoms with van der Waals surface area (Å²) in [6, 6.07) is 4.88. The number of hydrogen-bond donors (Lipinski definition) is 1. The van der Waals surface area contributed by atoms with Crippen LogP contribution in [0.3, 0.4) is 0 Å². The molecule has 0 radical (unpaired) electrons. The second kappa shape index (κ2) is 8.17. The summed E-state index contributed by atoms with van der Waals surface area (Å²) >= 11 is 3.62. The molecule has 1 aliphatic carbocycles. The van der Waals surface area contributed by atoms with Gasteiger partial charge in [0.2, 0.25) is 5.76 Å². The summed E-state index contributed by atoms with van der Waals surface area (Å²) in [5.41, 5.74) is 0.630. The van der Waals surface area contributed by atoms with E-state index in [1.54, 1.807) is 12.3 Å². The molecule has 0 amide bonds. The first kappa shape index (κ1) is 18.7. The van der Waals surface area contributed by atoms with E-state index in [0.717, 1.165) is 48.3 Å². The van der Waals surface area contributed by atoms with Crippen LogP contribution in [0.4, 0.5) is 5.82 Å². The van der Waals surface area contributed by atoms with E-state index < -0.39 is 0 Å². The van der Waals surface area contributed by atoms with E-state index in [0.29, 0.717) is 29.3 Å². The maximum absolute atomic E-state index is 9.01. The Bertz CT molecular complexity index is 832. The minimum Gasteiger partial charge on any atom is -0.444 e. The van der Waals surface area contributed by atoms with Crippen LogP contribution in [-0.4, -0.2) is 48.8 Å². The summed E-state index contributed by atoms with van der Waals surface area (Å²) in [6.45, 7) is 2.99. The molecular formula is C20H25BrN4O2. The van der Waals surface area contributed by atoms with Gasteiger partial charge in [-0.05, 0) is 61.0 Å². The van der Waals surface area contributed by atoms with Gasteiger partial charge in [0.05, 0.1) is 17.3 Å². The number of rotatable bonds is 5. The Balaban J connectivity index is 1.34. The van der Waals surface area contributed by atoms with Crippen molar-refractivity contribution in [2.75, 3.05) is 32.1 Å². The lowest BCUT2D eigenvalue weighted by molar-refractivity contribution is 0.142. The molecular weight excluding hydrogens is 408 g/mol. The highest BCUT2D eigenvalue weighted by atomic mass is 79.9. The van der Waals surface area contributed by atoms with E-state index >= 15 is 0 Å². The molecule has 2 aromatic heterocycles. The molecule has 1 aliphatic heterocycles. The standard InChI is InChI=1S/C20H25BrN4O2/c1-25(11-13-6-7-26-12-13)15-4-2-14(3-5-15)24-20-19(21)17-8-16(9-22)27-18(17)10-23-20/h8,10,13-15H,2-7,11-12H2,1H3,(H,23,24). The highest BCUT2D eigenvalue weighted by Crippen LogP contribution is 2.33. The normalized spacial score (nSPS) is 25.8. The van der Waals surface area contributed by atoms with E-state index in [1.165, 1.54) is 19.3 Å². The molecule has 6 nitrogen and oxygen atoms in total. The number of ether oxygens (including phenoxy) is 1. The van der Waals surface area contributed by atoms with E-state index in [1.807, 2.05) is 6.07 Å². The molecule has 1 saturated carbocycles. The number of nitriles is 1. The zero-order valence-corrected chi connectivity index (χ0v) is 17.2. The SMILES string of the molecule is CN(CC1CCOC1)C1CCC(Nc2ncc3oc(C#N)cc3c2Br)CC1. The van der Waals surface area contributed by atoms with Crippen molar-refractivity contribution in [2.24, 2.45) is 5.92 Å². The predicted octanol–water partition coefficient (Wildman–Crippen LogP) is 4.15. The lowest BCUT2D eigenvalue weighted by atomic mass is 9.90. The zero-order valence-electron chi connectivity index (χ0n) is 15.6. The van der Waals surface area contributed by atoms with Crippen molar-refractivity contribution in [1.82, 2.24) is 9.88 Å². The summed E-state index contributed by atoms with van der Waals surface area (Å²) in [7, 11) is 2.26. The lowest BCUT2D eigenvalue weighted by Crippen LogP contribution is -2.40. The molecule has 2 aliphatic rings. The number of nitrogens with one attached hydrogen (secondary N) is 1. The number of fused-ring (bicyclic) bond motifs is 1. The van der Waals surface area contributed by atoms with E-state index in [-0.39, 0.29) is 0 Å².